The Bertz CT molecular complexity index is 511. The Morgan fingerprint density at radius 3 is 2.81 bits per heavy atom. The van der Waals surface area contributed by atoms with Crippen LogP contribution in [0, 0.1) is 0 Å². The number of likely N-dealkylation sites (tertiary alicyclic amines) is 1. The van der Waals surface area contributed by atoms with E-state index in [1.54, 1.807) is 0 Å². The first-order valence-electron chi connectivity index (χ1n) is 7.65. The quantitative estimate of drug-likeness (QED) is 0.878. The van der Waals surface area contributed by atoms with Gasteiger partial charge in [-0.15, -0.1) is 0 Å². The Labute approximate surface area is 130 Å². The predicted octanol–water partition coefficient (Wildman–Crippen LogP) is 2.59. The van der Waals surface area contributed by atoms with Crippen LogP contribution in [0.2, 0.25) is 5.02 Å². The number of nitrogens with zero attached hydrogens (tertiary/aromatic N) is 1. The van der Waals surface area contributed by atoms with E-state index in [4.69, 9.17) is 16.3 Å². The maximum atomic E-state index is 12.0. The number of carbonyl (C=O) groups excluding carboxylic acids is 1. The Morgan fingerprint density at radius 2 is 2.10 bits per heavy atom. The van der Waals surface area contributed by atoms with Crippen LogP contribution >= 0.6 is 11.6 Å². The van der Waals surface area contributed by atoms with Gasteiger partial charge >= 0.3 is 0 Å². The van der Waals surface area contributed by atoms with Crippen LogP contribution in [0.1, 0.15) is 31.2 Å². The van der Waals surface area contributed by atoms with E-state index in [-0.39, 0.29) is 12.5 Å². The van der Waals surface area contributed by atoms with Gasteiger partial charge in [-0.05, 0) is 37.8 Å². The molecule has 1 aliphatic heterocycles. The molecule has 1 aromatic carbocycles. The minimum Gasteiger partial charge on any atom is -0.483 e. The smallest absolute Gasteiger partial charge is 0.260 e. The van der Waals surface area contributed by atoms with Crippen molar-refractivity contribution < 1.29 is 9.53 Å². The van der Waals surface area contributed by atoms with Crippen molar-refractivity contribution in [1.29, 1.82) is 0 Å². The molecule has 1 saturated carbocycles. The zero-order chi connectivity index (χ0) is 14.7. The monoisotopic (exact) mass is 308 g/mol. The number of carbonyl (C=O) groups is 1. The van der Waals surface area contributed by atoms with E-state index in [0.717, 1.165) is 31.5 Å². The second-order valence-electron chi connectivity index (χ2n) is 5.75. The van der Waals surface area contributed by atoms with Gasteiger partial charge in [-0.2, -0.15) is 0 Å². The van der Waals surface area contributed by atoms with E-state index in [2.05, 4.69) is 5.32 Å². The fourth-order valence-corrected chi connectivity index (χ4v) is 2.81. The molecule has 2 fully saturated rings. The highest BCUT2D eigenvalue weighted by molar-refractivity contribution is 6.31. The van der Waals surface area contributed by atoms with E-state index in [0.29, 0.717) is 23.4 Å². The molecule has 114 valence electrons. The topological polar surface area (TPSA) is 41.6 Å². The van der Waals surface area contributed by atoms with Gasteiger partial charge in [0.1, 0.15) is 5.75 Å². The van der Waals surface area contributed by atoms with Crippen molar-refractivity contribution in [2.45, 2.75) is 38.3 Å². The lowest BCUT2D eigenvalue weighted by molar-refractivity contribution is -0.132. The summed E-state index contributed by atoms with van der Waals surface area (Å²) in [7, 11) is 0. The minimum absolute atomic E-state index is 0.0635. The van der Waals surface area contributed by atoms with Crippen molar-refractivity contribution in [3.8, 4) is 5.75 Å². The maximum absolute atomic E-state index is 12.0. The van der Waals surface area contributed by atoms with Gasteiger partial charge in [0.25, 0.3) is 5.91 Å². The third-order valence-corrected chi connectivity index (χ3v) is 4.38. The van der Waals surface area contributed by atoms with Crippen molar-refractivity contribution in [2.24, 2.45) is 0 Å². The van der Waals surface area contributed by atoms with Crippen molar-refractivity contribution in [1.82, 2.24) is 10.2 Å². The predicted molar refractivity (Wildman–Crippen MR) is 82.6 cm³/mol. The molecule has 0 unspecified atom stereocenters. The summed E-state index contributed by atoms with van der Waals surface area (Å²) in [6.07, 6.45) is 4.65. The second kappa shape index (κ2) is 6.67. The number of rotatable bonds is 6. The molecule has 0 bridgehead atoms. The number of amides is 1. The van der Waals surface area contributed by atoms with Crippen LogP contribution in [0.3, 0.4) is 0 Å². The average molecular weight is 309 g/mol. The first-order valence-corrected chi connectivity index (χ1v) is 8.03. The average Bonchev–Trinajstić information content (AvgIpc) is 3.14. The van der Waals surface area contributed by atoms with Crippen LogP contribution in [0.25, 0.3) is 0 Å². The Morgan fingerprint density at radius 1 is 1.33 bits per heavy atom. The number of nitrogens with one attached hydrogen (secondary N) is 1. The highest BCUT2D eigenvalue weighted by atomic mass is 35.5. The SMILES string of the molecule is O=C(COc1cccc(Cl)c1CNC1CC1)N1CCCC1. The molecule has 1 aromatic rings. The summed E-state index contributed by atoms with van der Waals surface area (Å²) in [5.74, 6) is 0.775. The van der Waals surface area contributed by atoms with Crippen molar-refractivity contribution in [3.63, 3.8) is 0 Å². The zero-order valence-corrected chi connectivity index (χ0v) is 12.9. The summed E-state index contributed by atoms with van der Waals surface area (Å²) in [6.45, 7) is 2.50. The zero-order valence-electron chi connectivity index (χ0n) is 12.1. The molecule has 4 nitrogen and oxygen atoms in total. The summed E-state index contributed by atoms with van der Waals surface area (Å²) in [5, 5.41) is 4.13. The van der Waals surface area contributed by atoms with Crippen LogP contribution in [0.15, 0.2) is 18.2 Å². The molecule has 21 heavy (non-hydrogen) atoms. The molecule has 3 rings (SSSR count). The first-order chi connectivity index (χ1) is 10.2. The third kappa shape index (κ3) is 3.89. The molecule has 1 saturated heterocycles. The van der Waals surface area contributed by atoms with E-state index < -0.39 is 0 Å². The van der Waals surface area contributed by atoms with Gasteiger partial charge in [-0.25, -0.2) is 0 Å². The third-order valence-electron chi connectivity index (χ3n) is 4.03. The van der Waals surface area contributed by atoms with E-state index in [1.165, 1.54) is 12.8 Å². The lowest BCUT2D eigenvalue weighted by atomic mass is 10.2. The molecule has 0 radical (unpaired) electrons. The van der Waals surface area contributed by atoms with E-state index in [9.17, 15) is 4.79 Å². The summed E-state index contributed by atoms with van der Waals surface area (Å²) in [6, 6.07) is 6.21. The number of hydrogen-bond donors (Lipinski definition) is 1. The molecule has 5 heteroatoms. The normalized spacial score (nSPS) is 18.0. The Hall–Kier alpha value is -1.26. The second-order valence-corrected chi connectivity index (χ2v) is 6.16. The molecular weight excluding hydrogens is 288 g/mol. The summed E-state index contributed by atoms with van der Waals surface area (Å²) in [4.78, 5) is 13.9. The van der Waals surface area contributed by atoms with Gasteiger partial charge < -0.3 is 15.0 Å². The minimum atomic E-state index is 0.0635. The number of hydrogen-bond acceptors (Lipinski definition) is 3. The van der Waals surface area contributed by atoms with Gasteiger partial charge in [0.2, 0.25) is 0 Å². The fraction of sp³-hybridized carbons (Fsp3) is 0.562. The van der Waals surface area contributed by atoms with Gasteiger partial charge in [0.15, 0.2) is 6.61 Å². The highest BCUT2D eigenvalue weighted by Crippen LogP contribution is 2.28. The van der Waals surface area contributed by atoms with Crippen LogP contribution in [-0.2, 0) is 11.3 Å². The molecule has 1 amide bonds. The molecule has 0 spiro atoms. The Kier molecular flexibility index (Phi) is 4.66. The van der Waals surface area contributed by atoms with E-state index in [1.807, 2.05) is 23.1 Å². The number of benzene rings is 1. The van der Waals surface area contributed by atoms with Crippen LogP contribution < -0.4 is 10.1 Å². The lowest BCUT2D eigenvalue weighted by Crippen LogP contribution is -2.32. The van der Waals surface area contributed by atoms with Crippen molar-refractivity contribution in [3.05, 3.63) is 28.8 Å². The number of ether oxygens (including phenoxy) is 1. The van der Waals surface area contributed by atoms with Gasteiger partial charge in [-0.1, -0.05) is 17.7 Å². The van der Waals surface area contributed by atoms with Gasteiger partial charge in [0, 0.05) is 36.3 Å². The van der Waals surface area contributed by atoms with Gasteiger partial charge in [0.05, 0.1) is 0 Å². The first kappa shape index (κ1) is 14.7. The molecule has 0 atom stereocenters. The summed E-state index contributed by atoms with van der Waals surface area (Å²) >= 11 is 6.26. The van der Waals surface area contributed by atoms with Crippen molar-refractivity contribution >= 4 is 17.5 Å². The van der Waals surface area contributed by atoms with Crippen LogP contribution in [0.5, 0.6) is 5.75 Å². The molecule has 1 N–H and O–H groups in total. The fourth-order valence-electron chi connectivity index (χ4n) is 2.58. The lowest BCUT2D eigenvalue weighted by Gasteiger charge is -2.17. The summed E-state index contributed by atoms with van der Waals surface area (Å²) < 4.78 is 5.73. The van der Waals surface area contributed by atoms with Crippen LogP contribution in [0.4, 0.5) is 0 Å². The maximum Gasteiger partial charge on any atom is 0.260 e. The molecular formula is C16H21ClN2O2. The molecule has 2 aliphatic rings. The molecule has 1 aliphatic carbocycles. The van der Waals surface area contributed by atoms with Crippen LogP contribution in [-0.4, -0.2) is 36.5 Å². The van der Waals surface area contributed by atoms with Gasteiger partial charge in [-0.3, -0.25) is 4.79 Å². The van der Waals surface area contributed by atoms with Crippen molar-refractivity contribution in [2.75, 3.05) is 19.7 Å². The number of halogens is 1. The highest BCUT2D eigenvalue weighted by Gasteiger charge is 2.22. The molecule has 0 aromatic heterocycles. The molecule has 1 heterocycles. The van der Waals surface area contributed by atoms with E-state index >= 15 is 0 Å². The Balaban J connectivity index is 1.60. The standard InChI is InChI=1S/C16H21ClN2O2/c17-14-4-3-5-15(13(14)10-18-12-6-7-12)21-11-16(20)19-8-1-2-9-19/h3-5,12,18H,1-2,6-11H2. The largest absolute Gasteiger partial charge is 0.483 e. The summed E-state index contributed by atoms with van der Waals surface area (Å²) in [5.41, 5.74) is 0.945.